The average Bonchev–Trinajstić information content (AvgIpc) is 3.74. The van der Waals surface area contributed by atoms with Crippen molar-refractivity contribution in [2.45, 2.75) is 115 Å². The predicted octanol–water partition coefficient (Wildman–Crippen LogP) is 11.0. The third-order valence-corrected chi connectivity index (χ3v) is 12.0. The Balaban J connectivity index is 1.12. The molecule has 0 saturated carbocycles. The van der Waals surface area contributed by atoms with E-state index in [1.807, 2.05) is 123 Å². The molecule has 9 nitrogen and oxygen atoms in total. The molecule has 8 atom stereocenters. The molecular weight excluding hydrogens is 841 g/mol. The summed E-state index contributed by atoms with van der Waals surface area (Å²) in [6, 6.07) is 61.1. The molecule has 2 aliphatic heterocycles. The molecule has 8 rings (SSSR count). The van der Waals surface area contributed by atoms with Gasteiger partial charge in [-0.2, -0.15) is 0 Å². The SMILES string of the molecule is CC1(C)OC[C@@H]([C@@H](OCc2ccccc2)[C@@H](/C=C/C[C@H]2O[C@H](COCc3ccccc3)[C@@H](OCc3ccccc3)[C@H](OCc3ccccc3)[C@H]2OCc2ccccc2)OCc2ccccc2)O1. The van der Waals surface area contributed by atoms with Crippen LogP contribution >= 0.6 is 0 Å². The van der Waals surface area contributed by atoms with Gasteiger partial charge < -0.3 is 42.6 Å². The minimum atomic E-state index is -0.766. The summed E-state index contributed by atoms with van der Waals surface area (Å²) in [4.78, 5) is 0. The lowest BCUT2D eigenvalue weighted by Crippen LogP contribution is -2.61. The Morgan fingerprint density at radius 2 is 0.896 bits per heavy atom. The maximum Gasteiger partial charge on any atom is 0.163 e. The predicted molar refractivity (Wildman–Crippen MR) is 259 cm³/mol. The second-order valence-electron chi connectivity index (χ2n) is 17.6. The molecule has 0 bridgehead atoms. The standard InChI is InChI=1S/C58H64O9/c1-58(2)65-43-53(67-58)54(61-38-46-26-13-5-14-27-46)50(60-37-45-24-11-4-12-25-45)34-21-35-51-55(62-39-47-28-15-6-16-29-47)57(64-41-49-32-19-8-20-33-49)56(63-40-48-30-17-7-18-31-48)52(66-51)42-59-36-44-22-9-3-10-23-44/h3-34,50-57H,35-43H2,1-2H3/b34-21+/t50-,51-,52-,53+,54+,55+,56-,57-/m1/s1. The molecule has 2 aliphatic rings. The summed E-state index contributed by atoms with van der Waals surface area (Å²) >= 11 is 0. The van der Waals surface area contributed by atoms with Gasteiger partial charge in [0.2, 0.25) is 0 Å². The molecule has 2 heterocycles. The molecule has 350 valence electrons. The van der Waals surface area contributed by atoms with Gasteiger partial charge in [0.15, 0.2) is 5.79 Å². The second kappa shape index (κ2) is 25.2. The fourth-order valence-electron chi connectivity index (χ4n) is 8.51. The van der Waals surface area contributed by atoms with E-state index >= 15 is 0 Å². The molecule has 6 aromatic carbocycles. The molecule has 6 aromatic rings. The largest absolute Gasteiger partial charge is 0.374 e. The number of benzene rings is 6. The van der Waals surface area contributed by atoms with Crippen LogP contribution in [-0.4, -0.2) is 67.8 Å². The van der Waals surface area contributed by atoms with Crippen molar-refractivity contribution in [3.8, 4) is 0 Å². The maximum absolute atomic E-state index is 7.19. The van der Waals surface area contributed by atoms with Gasteiger partial charge in [0.25, 0.3) is 0 Å². The highest BCUT2D eigenvalue weighted by Crippen LogP contribution is 2.34. The van der Waals surface area contributed by atoms with Crippen molar-refractivity contribution >= 4 is 0 Å². The van der Waals surface area contributed by atoms with Crippen molar-refractivity contribution in [3.63, 3.8) is 0 Å². The first-order chi connectivity index (χ1) is 33.0. The highest BCUT2D eigenvalue weighted by molar-refractivity contribution is 5.18. The Labute approximate surface area is 396 Å². The van der Waals surface area contributed by atoms with Crippen molar-refractivity contribution in [2.24, 2.45) is 0 Å². The molecule has 0 aromatic heterocycles. The van der Waals surface area contributed by atoms with Gasteiger partial charge in [0.1, 0.15) is 42.7 Å². The van der Waals surface area contributed by atoms with Crippen molar-refractivity contribution in [3.05, 3.63) is 228 Å². The normalized spacial score (nSPS) is 22.4. The molecule has 0 radical (unpaired) electrons. The zero-order valence-electron chi connectivity index (χ0n) is 38.6. The van der Waals surface area contributed by atoms with Crippen LogP contribution < -0.4 is 0 Å². The fraction of sp³-hybridized carbons (Fsp3) is 0.345. The van der Waals surface area contributed by atoms with Crippen LogP contribution in [0, 0.1) is 0 Å². The molecular formula is C58H64O9. The number of rotatable bonds is 24. The Morgan fingerprint density at radius 3 is 1.34 bits per heavy atom. The fourth-order valence-corrected chi connectivity index (χ4v) is 8.51. The first-order valence-corrected chi connectivity index (χ1v) is 23.5. The topological polar surface area (TPSA) is 83.1 Å². The number of hydrogen-bond acceptors (Lipinski definition) is 9. The van der Waals surface area contributed by atoms with Gasteiger partial charge in [0.05, 0.1) is 59.0 Å². The summed E-state index contributed by atoms with van der Waals surface area (Å²) in [6.45, 7) is 6.75. The monoisotopic (exact) mass is 904 g/mol. The van der Waals surface area contributed by atoms with E-state index in [1.54, 1.807) is 0 Å². The van der Waals surface area contributed by atoms with Gasteiger partial charge in [0, 0.05) is 0 Å². The molecule has 2 fully saturated rings. The van der Waals surface area contributed by atoms with Gasteiger partial charge >= 0.3 is 0 Å². The van der Waals surface area contributed by atoms with E-state index in [2.05, 4.69) is 84.9 Å². The molecule has 0 unspecified atom stereocenters. The molecule has 67 heavy (non-hydrogen) atoms. The van der Waals surface area contributed by atoms with Crippen molar-refractivity contribution < 1.29 is 42.6 Å². The van der Waals surface area contributed by atoms with E-state index in [0.717, 1.165) is 33.4 Å². The van der Waals surface area contributed by atoms with E-state index in [1.165, 1.54) is 0 Å². The zero-order chi connectivity index (χ0) is 45.9. The lowest BCUT2D eigenvalue weighted by molar-refractivity contribution is -0.271. The number of ether oxygens (including phenoxy) is 9. The van der Waals surface area contributed by atoms with Crippen LogP contribution in [0.25, 0.3) is 0 Å². The minimum absolute atomic E-state index is 0.276. The summed E-state index contributed by atoms with van der Waals surface area (Å²) < 4.78 is 60.8. The molecule has 0 amide bonds. The van der Waals surface area contributed by atoms with Crippen molar-refractivity contribution in [1.29, 1.82) is 0 Å². The quantitative estimate of drug-likeness (QED) is 0.0552. The van der Waals surface area contributed by atoms with Crippen LogP contribution in [-0.2, 0) is 82.3 Å². The van der Waals surface area contributed by atoms with Crippen LogP contribution in [0.2, 0.25) is 0 Å². The summed E-state index contributed by atoms with van der Waals surface area (Å²) in [5.74, 6) is -0.766. The van der Waals surface area contributed by atoms with Crippen LogP contribution in [0.4, 0.5) is 0 Å². The van der Waals surface area contributed by atoms with Crippen LogP contribution in [0.5, 0.6) is 0 Å². The summed E-state index contributed by atoms with van der Waals surface area (Å²) in [7, 11) is 0. The van der Waals surface area contributed by atoms with Crippen LogP contribution in [0.1, 0.15) is 53.6 Å². The number of hydrogen-bond donors (Lipinski definition) is 0. The summed E-state index contributed by atoms with van der Waals surface area (Å²) in [5, 5.41) is 0. The second-order valence-corrected chi connectivity index (χ2v) is 17.6. The highest BCUT2D eigenvalue weighted by atomic mass is 16.8. The van der Waals surface area contributed by atoms with E-state index in [4.69, 9.17) is 42.6 Å². The smallest absolute Gasteiger partial charge is 0.163 e. The molecule has 0 spiro atoms. The van der Waals surface area contributed by atoms with Crippen molar-refractivity contribution in [2.75, 3.05) is 13.2 Å². The Morgan fingerprint density at radius 1 is 0.493 bits per heavy atom. The van der Waals surface area contributed by atoms with E-state index in [0.29, 0.717) is 52.7 Å². The summed E-state index contributed by atoms with van der Waals surface area (Å²) in [5.41, 5.74) is 6.32. The lowest BCUT2D eigenvalue weighted by Gasteiger charge is -2.46. The highest BCUT2D eigenvalue weighted by Gasteiger charge is 2.48. The zero-order valence-corrected chi connectivity index (χ0v) is 38.6. The van der Waals surface area contributed by atoms with Gasteiger partial charge in [-0.15, -0.1) is 0 Å². The van der Waals surface area contributed by atoms with Crippen LogP contribution in [0.3, 0.4) is 0 Å². The third-order valence-electron chi connectivity index (χ3n) is 12.0. The first kappa shape index (κ1) is 48.2. The van der Waals surface area contributed by atoms with E-state index in [9.17, 15) is 0 Å². The maximum atomic E-state index is 7.19. The van der Waals surface area contributed by atoms with Gasteiger partial charge in [-0.05, 0) is 53.6 Å². The minimum Gasteiger partial charge on any atom is -0.374 e. The lowest BCUT2D eigenvalue weighted by atomic mass is 9.92. The Kier molecular flexibility index (Phi) is 18.1. The van der Waals surface area contributed by atoms with Crippen molar-refractivity contribution in [1.82, 2.24) is 0 Å². The first-order valence-electron chi connectivity index (χ1n) is 23.5. The van der Waals surface area contributed by atoms with E-state index in [-0.39, 0.29) is 12.7 Å². The Bertz CT molecular complexity index is 2300. The molecule has 0 aliphatic carbocycles. The van der Waals surface area contributed by atoms with Crippen LogP contribution in [0.15, 0.2) is 194 Å². The Hall–Kier alpha value is -5.30. The van der Waals surface area contributed by atoms with Gasteiger partial charge in [-0.3, -0.25) is 0 Å². The molecule has 9 heteroatoms. The van der Waals surface area contributed by atoms with E-state index < -0.39 is 48.5 Å². The summed E-state index contributed by atoms with van der Waals surface area (Å²) in [6.07, 6.45) is 0.686. The van der Waals surface area contributed by atoms with Gasteiger partial charge in [-0.25, -0.2) is 0 Å². The third kappa shape index (κ3) is 14.8. The molecule has 2 saturated heterocycles. The average molecular weight is 905 g/mol. The molecule has 0 N–H and O–H groups in total. The van der Waals surface area contributed by atoms with Gasteiger partial charge in [-0.1, -0.05) is 194 Å².